The summed E-state index contributed by atoms with van der Waals surface area (Å²) in [6, 6.07) is 16.7. The molecule has 21 heavy (non-hydrogen) atoms. The van der Waals surface area contributed by atoms with Crippen molar-refractivity contribution in [3.63, 3.8) is 0 Å². The second-order valence-electron chi connectivity index (χ2n) is 4.86. The van der Waals surface area contributed by atoms with Crippen LogP contribution >= 0.6 is 11.3 Å². The number of benzene rings is 2. The monoisotopic (exact) mass is 298 g/mol. The van der Waals surface area contributed by atoms with Crippen molar-refractivity contribution in [1.29, 1.82) is 0 Å². The van der Waals surface area contributed by atoms with Crippen molar-refractivity contribution >= 4 is 26.7 Å². The summed E-state index contributed by atoms with van der Waals surface area (Å²) < 4.78 is 6.67. The number of nitrogens with one attached hydrogen (secondary N) is 1. The van der Waals surface area contributed by atoms with Crippen LogP contribution in [0.2, 0.25) is 0 Å². The third-order valence-electron chi connectivity index (χ3n) is 3.31. The average molecular weight is 298 g/mol. The quantitative estimate of drug-likeness (QED) is 0.730. The van der Waals surface area contributed by atoms with Crippen LogP contribution in [0.15, 0.2) is 48.5 Å². The second-order valence-corrected chi connectivity index (χ2v) is 5.89. The van der Waals surface area contributed by atoms with Gasteiger partial charge in [-0.15, -0.1) is 0 Å². The number of aromatic nitrogens is 1. The third-order valence-corrected chi connectivity index (χ3v) is 4.26. The minimum Gasteiger partial charge on any atom is -0.494 e. The lowest BCUT2D eigenvalue weighted by atomic mass is 10.1. The molecule has 0 aliphatic carbocycles. The maximum Gasteiger partial charge on any atom is 0.184 e. The number of anilines is 1. The van der Waals surface area contributed by atoms with E-state index in [9.17, 15) is 0 Å². The van der Waals surface area contributed by atoms with E-state index in [0.717, 1.165) is 21.1 Å². The van der Waals surface area contributed by atoms with Gasteiger partial charge in [0.05, 0.1) is 22.9 Å². The van der Waals surface area contributed by atoms with Crippen LogP contribution in [0.1, 0.15) is 25.5 Å². The summed E-state index contributed by atoms with van der Waals surface area (Å²) in [6.07, 6.45) is 0. The standard InChI is InChI=1S/C17H18N2OS/c1-3-20-14-9-10-15-16(11-14)21-17(19-15)18-12(2)13-7-5-4-6-8-13/h4-12H,3H2,1-2H3,(H,18,19). The highest BCUT2D eigenvalue weighted by molar-refractivity contribution is 7.22. The topological polar surface area (TPSA) is 34.1 Å². The fourth-order valence-electron chi connectivity index (χ4n) is 2.23. The molecule has 3 aromatic rings. The molecule has 1 atom stereocenters. The molecule has 0 fully saturated rings. The Labute approximate surface area is 128 Å². The molecule has 108 valence electrons. The fraction of sp³-hybridized carbons (Fsp3) is 0.235. The molecule has 0 aliphatic rings. The first-order valence-electron chi connectivity index (χ1n) is 7.11. The summed E-state index contributed by atoms with van der Waals surface area (Å²) in [5.74, 6) is 0.899. The van der Waals surface area contributed by atoms with Gasteiger partial charge in [0.2, 0.25) is 0 Å². The molecule has 0 saturated heterocycles. The summed E-state index contributed by atoms with van der Waals surface area (Å²) in [5.41, 5.74) is 2.26. The van der Waals surface area contributed by atoms with Gasteiger partial charge in [-0.3, -0.25) is 0 Å². The van der Waals surface area contributed by atoms with E-state index in [1.54, 1.807) is 11.3 Å². The summed E-state index contributed by atoms with van der Waals surface area (Å²) in [4.78, 5) is 4.63. The first-order chi connectivity index (χ1) is 10.3. The minimum absolute atomic E-state index is 0.234. The van der Waals surface area contributed by atoms with Crippen molar-refractivity contribution in [3.05, 3.63) is 54.1 Å². The lowest BCUT2D eigenvalue weighted by Crippen LogP contribution is -2.05. The molecule has 3 nitrogen and oxygen atoms in total. The van der Waals surface area contributed by atoms with Crippen LogP contribution < -0.4 is 10.1 Å². The average Bonchev–Trinajstić information content (AvgIpc) is 2.90. The molecule has 2 aromatic carbocycles. The fourth-order valence-corrected chi connectivity index (χ4v) is 3.21. The van der Waals surface area contributed by atoms with Gasteiger partial charge in [0.1, 0.15) is 5.75 Å². The van der Waals surface area contributed by atoms with E-state index in [1.165, 1.54) is 5.56 Å². The van der Waals surface area contributed by atoms with Gasteiger partial charge in [-0.05, 0) is 37.6 Å². The molecular formula is C17H18N2OS. The van der Waals surface area contributed by atoms with Gasteiger partial charge in [0, 0.05) is 0 Å². The molecule has 1 unspecified atom stereocenters. The molecule has 4 heteroatoms. The predicted octanol–water partition coefficient (Wildman–Crippen LogP) is 4.87. The highest BCUT2D eigenvalue weighted by atomic mass is 32.1. The Bertz CT molecular complexity index is 724. The van der Waals surface area contributed by atoms with E-state index in [-0.39, 0.29) is 6.04 Å². The van der Waals surface area contributed by atoms with Crippen LogP contribution in [0.4, 0.5) is 5.13 Å². The van der Waals surface area contributed by atoms with Gasteiger partial charge in [0.15, 0.2) is 5.13 Å². The summed E-state index contributed by atoms with van der Waals surface area (Å²) in [5, 5.41) is 4.41. The van der Waals surface area contributed by atoms with E-state index in [4.69, 9.17) is 4.74 Å². The van der Waals surface area contributed by atoms with Crippen LogP contribution in [-0.4, -0.2) is 11.6 Å². The molecule has 0 saturated carbocycles. The summed E-state index contributed by atoms with van der Waals surface area (Å²) in [7, 11) is 0. The maximum absolute atomic E-state index is 5.53. The number of fused-ring (bicyclic) bond motifs is 1. The Morgan fingerprint density at radius 1 is 1.19 bits per heavy atom. The van der Waals surface area contributed by atoms with Crippen LogP contribution in [0.25, 0.3) is 10.2 Å². The normalized spacial score (nSPS) is 12.3. The number of rotatable bonds is 5. The van der Waals surface area contributed by atoms with Crippen molar-refractivity contribution < 1.29 is 4.74 Å². The molecular weight excluding hydrogens is 280 g/mol. The van der Waals surface area contributed by atoms with Crippen LogP contribution in [0, 0.1) is 0 Å². The van der Waals surface area contributed by atoms with Gasteiger partial charge in [0.25, 0.3) is 0 Å². The van der Waals surface area contributed by atoms with Crippen LogP contribution in [-0.2, 0) is 0 Å². The third kappa shape index (κ3) is 3.16. The molecule has 0 aliphatic heterocycles. The smallest absolute Gasteiger partial charge is 0.184 e. The van der Waals surface area contributed by atoms with Crippen molar-refractivity contribution in [2.45, 2.75) is 19.9 Å². The molecule has 0 bridgehead atoms. The molecule has 1 aromatic heterocycles. The summed E-state index contributed by atoms with van der Waals surface area (Å²) in [6.45, 7) is 4.82. The van der Waals surface area contributed by atoms with Gasteiger partial charge in [-0.2, -0.15) is 0 Å². The number of thiazole rings is 1. The lowest BCUT2D eigenvalue weighted by Gasteiger charge is -2.12. The first-order valence-corrected chi connectivity index (χ1v) is 7.93. The van der Waals surface area contributed by atoms with E-state index in [2.05, 4.69) is 47.6 Å². The van der Waals surface area contributed by atoms with E-state index >= 15 is 0 Å². The van der Waals surface area contributed by atoms with E-state index in [0.29, 0.717) is 6.61 Å². The lowest BCUT2D eigenvalue weighted by molar-refractivity contribution is 0.341. The Morgan fingerprint density at radius 3 is 2.76 bits per heavy atom. The molecule has 1 N–H and O–H groups in total. The Morgan fingerprint density at radius 2 is 2.00 bits per heavy atom. The molecule has 0 spiro atoms. The first kappa shape index (κ1) is 13.9. The number of ether oxygens (including phenoxy) is 1. The second kappa shape index (κ2) is 6.14. The largest absolute Gasteiger partial charge is 0.494 e. The van der Waals surface area contributed by atoms with Crippen molar-refractivity contribution in [3.8, 4) is 5.75 Å². The van der Waals surface area contributed by atoms with Crippen LogP contribution in [0.5, 0.6) is 5.75 Å². The maximum atomic E-state index is 5.53. The molecule has 0 radical (unpaired) electrons. The zero-order valence-electron chi connectivity index (χ0n) is 12.2. The van der Waals surface area contributed by atoms with E-state index in [1.807, 2.05) is 25.1 Å². The number of nitrogens with zero attached hydrogens (tertiary/aromatic N) is 1. The van der Waals surface area contributed by atoms with Gasteiger partial charge >= 0.3 is 0 Å². The van der Waals surface area contributed by atoms with E-state index < -0.39 is 0 Å². The van der Waals surface area contributed by atoms with Gasteiger partial charge in [-0.25, -0.2) is 4.98 Å². The Kier molecular flexibility index (Phi) is 4.06. The molecule has 3 rings (SSSR count). The van der Waals surface area contributed by atoms with Crippen LogP contribution in [0.3, 0.4) is 0 Å². The zero-order valence-corrected chi connectivity index (χ0v) is 13.0. The van der Waals surface area contributed by atoms with Gasteiger partial charge in [-0.1, -0.05) is 41.7 Å². The zero-order chi connectivity index (χ0) is 14.7. The number of hydrogen-bond donors (Lipinski definition) is 1. The highest BCUT2D eigenvalue weighted by Gasteiger charge is 2.09. The number of hydrogen-bond acceptors (Lipinski definition) is 4. The Balaban J connectivity index is 1.81. The minimum atomic E-state index is 0.234. The van der Waals surface area contributed by atoms with Gasteiger partial charge < -0.3 is 10.1 Å². The SMILES string of the molecule is CCOc1ccc2nc(NC(C)c3ccccc3)sc2c1. The highest BCUT2D eigenvalue weighted by Crippen LogP contribution is 2.31. The van der Waals surface area contributed by atoms with Crippen molar-refractivity contribution in [1.82, 2.24) is 4.98 Å². The predicted molar refractivity (Wildman–Crippen MR) is 89.3 cm³/mol. The van der Waals surface area contributed by atoms with Crippen molar-refractivity contribution in [2.24, 2.45) is 0 Å². The molecule has 0 amide bonds. The summed E-state index contributed by atoms with van der Waals surface area (Å²) >= 11 is 1.66. The molecule has 1 heterocycles. The Hall–Kier alpha value is -2.07. The van der Waals surface area contributed by atoms with Crippen molar-refractivity contribution in [2.75, 3.05) is 11.9 Å².